The van der Waals surface area contributed by atoms with Crippen molar-refractivity contribution in [3.8, 4) is 0 Å². The molecule has 0 aliphatic carbocycles. The number of carbonyl (C=O) groups is 1. The maximum atomic E-state index is 11.4. The Morgan fingerprint density at radius 1 is 1.37 bits per heavy atom. The van der Waals surface area contributed by atoms with E-state index in [1.54, 1.807) is 12.1 Å². The van der Waals surface area contributed by atoms with Gasteiger partial charge in [-0.15, -0.1) is 0 Å². The monoisotopic (exact) mass is 261 g/mol. The third-order valence-corrected chi connectivity index (χ3v) is 3.53. The van der Waals surface area contributed by atoms with Crippen molar-refractivity contribution >= 4 is 16.9 Å². The Kier molecular flexibility index (Phi) is 3.62. The van der Waals surface area contributed by atoms with Crippen LogP contribution in [-0.2, 0) is 6.54 Å². The summed E-state index contributed by atoms with van der Waals surface area (Å²) in [6.45, 7) is 6.63. The van der Waals surface area contributed by atoms with Crippen molar-refractivity contribution < 1.29 is 15.0 Å². The van der Waals surface area contributed by atoms with E-state index < -0.39 is 5.97 Å². The molecule has 0 atom stereocenters. The van der Waals surface area contributed by atoms with Crippen LogP contribution < -0.4 is 0 Å². The molecule has 4 nitrogen and oxygen atoms in total. The number of fused-ring (bicyclic) bond motifs is 1. The van der Waals surface area contributed by atoms with E-state index in [4.69, 9.17) is 0 Å². The number of hydrogen-bond acceptors (Lipinski definition) is 2. The van der Waals surface area contributed by atoms with Crippen LogP contribution in [0, 0.1) is 6.92 Å². The molecule has 2 aromatic rings. The summed E-state index contributed by atoms with van der Waals surface area (Å²) >= 11 is 0. The molecule has 4 heteroatoms. The van der Waals surface area contributed by atoms with Crippen molar-refractivity contribution in [3.63, 3.8) is 0 Å². The van der Waals surface area contributed by atoms with Gasteiger partial charge in [-0.2, -0.15) is 0 Å². The fourth-order valence-electron chi connectivity index (χ4n) is 2.83. The molecule has 1 aromatic heterocycles. The molecule has 0 aliphatic rings. The second-order valence-electron chi connectivity index (χ2n) is 5.03. The molecule has 0 bridgehead atoms. The fourth-order valence-corrected chi connectivity index (χ4v) is 2.83. The van der Waals surface area contributed by atoms with Gasteiger partial charge in [-0.05, 0) is 30.5 Å². The van der Waals surface area contributed by atoms with E-state index in [0.717, 1.165) is 22.2 Å². The summed E-state index contributed by atoms with van der Waals surface area (Å²) in [5.74, 6) is -0.670. The number of aromatic nitrogens is 1. The van der Waals surface area contributed by atoms with Gasteiger partial charge in [0.2, 0.25) is 0 Å². The van der Waals surface area contributed by atoms with Gasteiger partial charge in [0.15, 0.2) is 0 Å². The van der Waals surface area contributed by atoms with E-state index in [1.165, 1.54) is 0 Å². The normalized spacial score (nSPS) is 11.4. The third kappa shape index (κ3) is 2.12. The first kappa shape index (κ1) is 13.6. The molecule has 0 radical (unpaired) electrons. The van der Waals surface area contributed by atoms with E-state index in [9.17, 15) is 15.0 Å². The zero-order chi connectivity index (χ0) is 14.2. The topological polar surface area (TPSA) is 62.5 Å². The quantitative estimate of drug-likeness (QED) is 0.889. The number of hydrogen-bond donors (Lipinski definition) is 2. The molecule has 1 aromatic carbocycles. The molecule has 0 amide bonds. The van der Waals surface area contributed by atoms with Crippen molar-refractivity contribution in [2.24, 2.45) is 0 Å². The molecule has 0 saturated heterocycles. The van der Waals surface area contributed by atoms with Crippen molar-refractivity contribution in [2.45, 2.75) is 33.2 Å². The standard InChI is InChI=1S/C15H19NO3/c1-9(2)13-10(3)16(7-8-17)12-6-4-5-11(14(12)13)15(18)19/h4-6,9,17H,7-8H2,1-3H3,(H,18,19). The molecule has 0 spiro atoms. The van der Waals surface area contributed by atoms with Crippen molar-refractivity contribution in [3.05, 3.63) is 35.0 Å². The maximum absolute atomic E-state index is 11.4. The van der Waals surface area contributed by atoms with Crippen LogP contribution in [-0.4, -0.2) is 27.4 Å². The van der Waals surface area contributed by atoms with Gasteiger partial charge in [-0.25, -0.2) is 4.79 Å². The van der Waals surface area contributed by atoms with E-state index >= 15 is 0 Å². The number of aliphatic hydroxyl groups excluding tert-OH is 1. The number of benzene rings is 1. The van der Waals surface area contributed by atoms with Gasteiger partial charge in [0, 0.05) is 23.1 Å². The molecule has 0 saturated carbocycles. The minimum atomic E-state index is -0.909. The Morgan fingerprint density at radius 3 is 2.58 bits per heavy atom. The number of aromatic carboxylic acids is 1. The van der Waals surface area contributed by atoms with Crippen molar-refractivity contribution in [1.82, 2.24) is 4.57 Å². The number of carboxylic acid groups (broad SMARTS) is 1. The molecular weight excluding hydrogens is 242 g/mol. The zero-order valence-corrected chi connectivity index (χ0v) is 11.5. The second-order valence-corrected chi connectivity index (χ2v) is 5.03. The molecule has 0 aliphatic heterocycles. The van der Waals surface area contributed by atoms with E-state index in [0.29, 0.717) is 12.1 Å². The van der Waals surface area contributed by atoms with Gasteiger partial charge >= 0.3 is 5.97 Å². The van der Waals surface area contributed by atoms with E-state index in [2.05, 4.69) is 13.8 Å². The smallest absolute Gasteiger partial charge is 0.336 e. The molecule has 0 fully saturated rings. The van der Waals surface area contributed by atoms with E-state index in [1.807, 2.05) is 17.6 Å². The third-order valence-electron chi connectivity index (χ3n) is 3.53. The Bertz CT molecular complexity index is 626. The highest BCUT2D eigenvalue weighted by Gasteiger charge is 2.21. The average molecular weight is 261 g/mol. The summed E-state index contributed by atoms with van der Waals surface area (Å²) in [4.78, 5) is 11.4. The molecule has 102 valence electrons. The highest BCUT2D eigenvalue weighted by Crippen LogP contribution is 2.34. The summed E-state index contributed by atoms with van der Waals surface area (Å²) in [5, 5.41) is 19.4. The average Bonchev–Trinajstić information content (AvgIpc) is 2.62. The lowest BCUT2D eigenvalue weighted by Gasteiger charge is -2.08. The van der Waals surface area contributed by atoms with E-state index in [-0.39, 0.29) is 12.5 Å². The van der Waals surface area contributed by atoms with Gasteiger partial charge in [0.05, 0.1) is 12.2 Å². The first-order valence-corrected chi connectivity index (χ1v) is 6.44. The molecule has 1 heterocycles. The van der Waals surface area contributed by atoms with Crippen molar-refractivity contribution in [1.29, 1.82) is 0 Å². The number of rotatable bonds is 4. The molecular formula is C15H19NO3. The molecule has 2 rings (SSSR count). The number of carboxylic acids is 1. The summed E-state index contributed by atoms with van der Waals surface area (Å²) in [5.41, 5.74) is 3.31. The zero-order valence-electron chi connectivity index (χ0n) is 11.5. The largest absolute Gasteiger partial charge is 0.478 e. The Morgan fingerprint density at radius 2 is 2.05 bits per heavy atom. The number of aliphatic hydroxyl groups is 1. The lowest BCUT2D eigenvalue weighted by atomic mass is 9.96. The lowest BCUT2D eigenvalue weighted by Crippen LogP contribution is -2.04. The van der Waals surface area contributed by atoms with Gasteiger partial charge in [0.25, 0.3) is 0 Å². The van der Waals surface area contributed by atoms with Crippen LogP contribution in [0.25, 0.3) is 10.9 Å². The summed E-state index contributed by atoms with van der Waals surface area (Å²) in [7, 11) is 0. The van der Waals surface area contributed by atoms with Gasteiger partial charge in [-0.1, -0.05) is 19.9 Å². The SMILES string of the molecule is Cc1c(C(C)C)c2c(C(=O)O)cccc2n1CCO. The van der Waals surface area contributed by atoms with Gasteiger partial charge in [0.1, 0.15) is 0 Å². The van der Waals surface area contributed by atoms with Crippen molar-refractivity contribution in [2.75, 3.05) is 6.61 Å². The summed E-state index contributed by atoms with van der Waals surface area (Å²) < 4.78 is 2.00. The molecule has 19 heavy (non-hydrogen) atoms. The minimum absolute atomic E-state index is 0.0411. The molecule has 2 N–H and O–H groups in total. The van der Waals surface area contributed by atoms with Crippen LogP contribution in [0.15, 0.2) is 18.2 Å². The summed E-state index contributed by atoms with van der Waals surface area (Å²) in [6.07, 6.45) is 0. The second kappa shape index (κ2) is 5.05. The maximum Gasteiger partial charge on any atom is 0.336 e. The summed E-state index contributed by atoms with van der Waals surface area (Å²) in [6, 6.07) is 5.30. The first-order valence-electron chi connectivity index (χ1n) is 6.44. The number of nitrogens with zero attached hydrogens (tertiary/aromatic N) is 1. The van der Waals surface area contributed by atoms with Crippen LogP contribution in [0.5, 0.6) is 0 Å². The first-order chi connectivity index (χ1) is 8.99. The molecule has 0 unspecified atom stereocenters. The Hall–Kier alpha value is -1.81. The minimum Gasteiger partial charge on any atom is -0.478 e. The van der Waals surface area contributed by atoms with Crippen LogP contribution in [0.2, 0.25) is 0 Å². The van der Waals surface area contributed by atoms with Crippen LogP contribution in [0.4, 0.5) is 0 Å². The highest BCUT2D eigenvalue weighted by molar-refractivity contribution is 6.05. The van der Waals surface area contributed by atoms with Crippen LogP contribution >= 0.6 is 0 Å². The predicted molar refractivity (Wildman–Crippen MR) is 74.8 cm³/mol. The van der Waals surface area contributed by atoms with Crippen LogP contribution in [0.3, 0.4) is 0 Å². The predicted octanol–water partition coefficient (Wildman–Crippen LogP) is 2.76. The Balaban J connectivity index is 2.90. The highest BCUT2D eigenvalue weighted by atomic mass is 16.4. The van der Waals surface area contributed by atoms with Gasteiger partial charge in [-0.3, -0.25) is 0 Å². The van der Waals surface area contributed by atoms with Gasteiger partial charge < -0.3 is 14.8 Å². The Labute approximate surface area is 112 Å². The fraction of sp³-hybridized carbons (Fsp3) is 0.400. The van der Waals surface area contributed by atoms with Crippen LogP contribution in [0.1, 0.15) is 41.4 Å². The lowest BCUT2D eigenvalue weighted by molar-refractivity contribution is 0.0699.